The van der Waals surface area contributed by atoms with Crippen LogP contribution in [0.3, 0.4) is 0 Å². The number of nitrogens with zero attached hydrogens (tertiary/aromatic N) is 5. The minimum absolute atomic E-state index is 0.648. The van der Waals surface area contributed by atoms with Crippen LogP contribution in [-0.4, -0.2) is 57.6 Å². The first kappa shape index (κ1) is 21.4. The number of aromatic nitrogens is 4. The fourth-order valence-corrected chi connectivity index (χ4v) is 5.86. The highest BCUT2D eigenvalue weighted by molar-refractivity contribution is 7.17. The van der Waals surface area contributed by atoms with Crippen molar-refractivity contribution in [3.05, 3.63) is 72.3 Å². The van der Waals surface area contributed by atoms with Crippen LogP contribution in [0.5, 0.6) is 0 Å². The van der Waals surface area contributed by atoms with Crippen LogP contribution in [0.25, 0.3) is 38.2 Å². The van der Waals surface area contributed by atoms with Crippen molar-refractivity contribution in [2.75, 3.05) is 33.4 Å². The summed E-state index contributed by atoms with van der Waals surface area (Å²) < 4.78 is 8.45. The lowest BCUT2D eigenvalue weighted by Crippen LogP contribution is -2.35. The molecule has 0 bridgehead atoms. The topological polar surface area (TPSA) is 55.6 Å². The van der Waals surface area contributed by atoms with Gasteiger partial charge in [-0.05, 0) is 60.7 Å². The maximum atomic E-state index is 5.22. The molecule has 0 N–H and O–H groups in total. The molecule has 34 heavy (non-hydrogen) atoms. The summed E-state index contributed by atoms with van der Waals surface area (Å²) in [5.41, 5.74) is 7.93. The van der Waals surface area contributed by atoms with Gasteiger partial charge < -0.3 is 9.64 Å². The molecule has 1 saturated heterocycles. The van der Waals surface area contributed by atoms with Gasteiger partial charge in [0.25, 0.3) is 0 Å². The van der Waals surface area contributed by atoms with E-state index in [0.717, 1.165) is 53.4 Å². The summed E-state index contributed by atoms with van der Waals surface area (Å²) in [6.07, 6.45) is 9.95. The van der Waals surface area contributed by atoms with Crippen molar-refractivity contribution in [2.45, 2.75) is 18.8 Å². The van der Waals surface area contributed by atoms with Gasteiger partial charge in [0.15, 0.2) is 0 Å². The van der Waals surface area contributed by atoms with Crippen molar-refractivity contribution >= 4 is 27.2 Å². The number of hydrogen-bond acceptors (Lipinski definition) is 6. The molecule has 7 heteroatoms. The lowest BCUT2D eigenvalue weighted by Gasteiger charge is -2.32. The van der Waals surface area contributed by atoms with Crippen LogP contribution in [0.2, 0.25) is 0 Å². The van der Waals surface area contributed by atoms with E-state index in [0.29, 0.717) is 5.92 Å². The van der Waals surface area contributed by atoms with Crippen molar-refractivity contribution in [3.8, 4) is 22.4 Å². The Morgan fingerprint density at radius 2 is 1.88 bits per heavy atom. The molecule has 1 aliphatic heterocycles. The predicted molar refractivity (Wildman–Crippen MR) is 137 cm³/mol. The molecule has 5 heterocycles. The molecule has 0 amide bonds. The Kier molecular flexibility index (Phi) is 5.83. The number of pyridine rings is 1. The first-order chi connectivity index (χ1) is 16.8. The van der Waals surface area contributed by atoms with E-state index in [1.54, 1.807) is 24.8 Å². The molecule has 0 aliphatic carbocycles. The molecule has 0 spiro atoms. The van der Waals surface area contributed by atoms with Gasteiger partial charge in [-0.2, -0.15) is 0 Å². The van der Waals surface area contributed by atoms with Gasteiger partial charge in [-0.3, -0.25) is 4.40 Å². The number of methoxy groups -OCH3 is 1. The maximum absolute atomic E-state index is 5.22. The van der Waals surface area contributed by atoms with Crippen molar-refractivity contribution in [1.29, 1.82) is 0 Å². The largest absolute Gasteiger partial charge is 0.383 e. The number of hydrogen-bond donors (Lipinski definition) is 0. The van der Waals surface area contributed by atoms with Crippen LogP contribution in [-0.2, 0) is 4.74 Å². The smallest absolute Gasteiger partial charge is 0.137 e. The van der Waals surface area contributed by atoms with Crippen molar-refractivity contribution in [2.24, 2.45) is 0 Å². The van der Waals surface area contributed by atoms with Gasteiger partial charge in [-0.15, -0.1) is 11.3 Å². The van der Waals surface area contributed by atoms with Gasteiger partial charge in [0.1, 0.15) is 12.0 Å². The number of likely N-dealkylation sites (tertiary alicyclic amines) is 1. The van der Waals surface area contributed by atoms with Crippen LogP contribution in [0, 0.1) is 0 Å². The Balaban J connectivity index is 1.21. The van der Waals surface area contributed by atoms with E-state index >= 15 is 0 Å². The van der Waals surface area contributed by atoms with Crippen molar-refractivity contribution in [3.63, 3.8) is 0 Å². The SMILES string of the molecule is COCCN1CCC(c2ccc(-c3ccn4c(-c5csc6cncnc56)cnc4c3)cc2)CC1. The van der Waals surface area contributed by atoms with Crippen molar-refractivity contribution < 1.29 is 4.74 Å². The standard InChI is InChI=1S/C27H27N5OS/c1-33-13-12-31-9-6-21(7-10-31)19-2-4-20(5-3-19)22-8-11-32-24(15-29-26(32)14-22)23-17-34-25-16-28-18-30-27(23)25/h2-5,8,11,14-18,21H,6-7,9-10,12-13H2,1H3. The summed E-state index contributed by atoms with van der Waals surface area (Å²) in [4.78, 5) is 15.8. The molecule has 5 aromatic rings. The Morgan fingerprint density at radius 3 is 2.71 bits per heavy atom. The molecule has 6 rings (SSSR count). The number of imidazole rings is 1. The second-order valence-electron chi connectivity index (χ2n) is 8.90. The van der Waals surface area contributed by atoms with Crippen LogP contribution in [0.4, 0.5) is 0 Å². The fourth-order valence-electron chi connectivity index (χ4n) is 4.98. The third kappa shape index (κ3) is 4.00. The average Bonchev–Trinajstić information content (AvgIpc) is 3.51. The molecule has 6 nitrogen and oxygen atoms in total. The van der Waals surface area contributed by atoms with Gasteiger partial charge in [-0.1, -0.05) is 24.3 Å². The zero-order chi connectivity index (χ0) is 22.9. The van der Waals surface area contributed by atoms with Crippen molar-refractivity contribution in [1.82, 2.24) is 24.3 Å². The van der Waals surface area contributed by atoms with Gasteiger partial charge in [0, 0.05) is 37.0 Å². The van der Waals surface area contributed by atoms with E-state index in [1.165, 1.54) is 29.5 Å². The number of ether oxygens (including phenoxy) is 1. The van der Waals surface area contributed by atoms with Gasteiger partial charge in [0.05, 0.1) is 28.7 Å². The summed E-state index contributed by atoms with van der Waals surface area (Å²) in [6, 6.07) is 13.5. The average molecular weight is 470 g/mol. The third-order valence-corrected chi connectivity index (χ3v) is 7.85. The number of thiophene rings is 1. The second kappa shape index (κ2) is 9.25. The summed E-state index contributed by atoms with van der Waals surface area (Å²) in [5, 5.41) is 2.14. The minimum Gasteiger partial charge on any atom is -0.383 e. The van der Waals surface area contributed by atoms with Crippen LogP contribution < -0.4 is 0 Å². The van der Waals surface area contributed by atoms with E-state index in [2.05, 4.69) is 67.2 Å². The molecule has 172 valence electrons. The van der Waals surface area contributed by atoms with Gasteiger partial charge in [-0.25, -0.2) is 15.0 Å². The minimum atomic E-state index is 0.648. The highest BCUT2D eigenvalue weighted by Gasteiger charge is 2.20. The Labute approximate surface area is 202 Å². The number of benzene rings is 1. The highest BCUT2D eigenvalue weighted by atomic mass is 32.1. The molecular weight excluding hydrogens is 442 g/mol. The van der Waals surface area contributed by atoms with E-state index in [-0.39, 0.29) is 0 Å². The quantitative estimate of drug-likeness (QED) is 0.329. The van der Waals surface area contributed by atoms with Crippen LogP contribution in [0.1, 0.15) is 24.3 Å². The van der Waals surface area contributed by atoms with Crippen LogP contribution in [0.15, 0.2) is 66.7 Å². The molecule has 0 saturated carbocycles. The Bertz CT molecular complexity index is 1420. The zero-order valence-corrected chi connectivity index (χ0v) is 20.0. The number of piperidine rings is 1. The van der Waals surface area contributed by atoms with E-state index in [9.17, 15) is 0 Å². The normalized spacial score (nSPS) is 15.4. The van der Waals surface area contributed by atoms with Gasteiger partial charge >= 0.3 is 0 Å². The fraction of sp³-hybridized carbons (Fsp3) is 0.296. The van der Waals surface area contributed by atoms with E-state index in [4.69, 9.17) is 9.72 Å². The van der Waals surface area contributed by atoms with Gasteiger partial charge in [0.2, 0.25) is 0 Å². The Morgan fingerprint density at radius 1 is 1.03 bits per heavy atom. The lowest BCUT2D eigenvalue weighted by atomic mass is 9.88. The summed E-state index contributed by atoms with van der Waals surface area (Å²) in [7, 11) is 1.78. The monoisotopic (exact) mass is 469 g/mol. The maximum Gasteiger partial charge on any atom is 0.137 e. The summed E-state index contributed by atoms with van der Waals surface area (Å²) in [6.45, 7) is 4.16. The third-order valence-electron chi connectivity index (χ3n) is 6.94. The zero-order valence-electron chi connectivity index (χ0n) is 19.2. The lowest BCUT2D eigenvalue weighted by molar-refractivity contribution is 0.130. The number of rotatable bonds is 6. The molecule has 0 radical (unpaired) electrons. The Hall–Kier alpha value is -3.13. The van der Waals surface area contributed by atoms with Crippen LogP contribution >= 0.6 is 11.3 Å². The summed E-state index contributed by atoms with van der Waals surface area (Å²) in [5.74, 6) is 0.648. The summed E-state index contributed by atoms with van der Waals surface area (Å²) >= 11 is 1.66. The molecule has 1 aliphatic rings. The first-order valence-corrected chi connectivity index (χ1v) is 12.6. The molecule has 0 unspecified atom stereocenters. The highest BCUT2D eigenvalue weighted by Crippen LogP contribution is 2.34. The molecular formula is C27H27N5OS. The second-order valence-corrected chi connectivity index (χ2v) is 9.81. The first-order valence-electron chi connectivity index (χ1n) is 11.8. The molecule has 1 aromatic carbocycles. The van der Waals surface area contributed by atoms with E-state index < -0.39 is 0 Å². The van der Waals surface area contributed by atoms with E-state index in [1.807, 2.05) is 12.4 Å². The molecule has 1 fully saturated rings. The number of fused-ring (bicyclic) bond motifs is 2. The molecule has 4 aromatic heterocycles. The molecule has 0 atom stereocenters. The predicted octanol–water partition coefficient (Wildman–Crippen LogP) is 5.50.